The molecule has 6 nitrogen and oxygen atoms in total. The van der Waals surface area contributed by atoms with E-state index in [0.717, 1.165) is 34.2 Å². The zero-order valence-electron chi connectivity index (χ0n) is 21.4. The predicted octanol–water partition coefficient (Wildman–Crippen LogP) is 6.48. The van der Waals surface area contributed by atoms with Gasteiger partial charge in [-0.15, -0.1) is 0 Å². The number of rotatable bonds is 2. The van der Waals surface area contributed by atoms with Crippen molar-refractivity contribution in [3.8, 4) is 11.5 Å². The fourth-order valence-corrected chi connectivity index (χ4v) is 5.03. The Kier molecular flexibility index (Phi) is 7.42. The molecule has 0 saturated carbocycles. The van der Waals surface area contributed by atoms with E-state index in [-0.39, 0.29) is 0 Å². The number of fused-ring (bicyclic) bond motifs is 13. The third-order valence-corrected chi connectivity index (χ3v) is 6.84. The van der Waals surface area contributed by atoms with E-state index < -0.39 is 0 Å². The number of para-hydroxylation sites is 2. The van der Waals surface area contributed by atoms with Crippen LogP contribution < -0.4 is 19.3 Å². The van der Waals surface area contributed by atoms with E-state index in [1.165, 1.54) is 11.1 Å². The van der Waals surface area contributed by atoms with Gasteiger partial charge in [0.1, 0.15) is 24.7 Å². The van der Waals surface area contributed by atoms with Crippen molar-refractivity contribution in [2.75, 3.05) is 49.4 Å². The van der Waals surface area contributed by atoms with Crippen LogP contribution in [0.15, 0.2) is 97.1 Å². The molecule has 3 aliphatic heterocycles. The van der Waals surface area contributed by atoms with Crippen LogP contribution in [0, 0.1) is 0 Å². The average Bonchev–Trinajstić information content (AvgIpc) is 2.96. The van der Waals surface area contributed by atoms with Crippen LogP contribution in [-0.2, 0) is 22.6 Å². The fraction of sp³-hybridized carbons (Fsp3) is 0.250. The van der Waals surface area contributed by atoms with E-state index in [1.54, 1.807) is 0 Å². The smallest absolute Gasteiger partial charge is 0.119 e. The summed E-state index contributed by atoms with van der Waals surface area (Å²) in [6.45, 7) is 4.44. The molecule has 6 heteroatoms. The Hall–Kier alpha value is -4.00. The van der Waals surface area contributed by atoms with Crippen molar-refractivity contribution >= 4 is 22.7 Å². The summed E-state index contributed by atoms with van der Waals surface area (Å²) in [4.78, 5) is 4.76. The monoisotopic (exact) mass is 508 g/mol. The van der Waals surface area contributed by atoms with Crippen LogP contribution in [0.25, 0.3) is 0 Å². The lowest BCUT2D eigenvalue weighted by Gasteiger charge is -2.36. The fourth-order valence-electron chi connectivity index (χ4n) is 5.03. The van der Waals surface area contributed by atoms with Gasteiger partial charge in [0.2, 0.25) is 0 Å². The van der Waals surface area contributed by atoms with Gasteiger partial charge in [-0.05, 0) is 71.8 Å². The molecule has 0 unspecified atom stereocenters. The lowest BCUT2D eigenvalue weighted by Crippen LogP contribution is -2.27. The minimum absolute atomic E-state index is 0.484. The first-order valence-corrected chi connectivity index (χ1v) is 13.2. The first-order chi connectivity index (χ1) is 18.8. The second-order valence-electron chi connectivity index (χ2n) is 9.35. The maximum absolute atomic E-state index is 6.11. The van der Waals surface area contributed by atoms with Crippen molar-refractivity contribution in [2.24, 2.45) is 0 Å². The molecule has 6 bridgehead atoms. The maximum atomic E-state index is 6.11. The first-order valence-electron chi connectivity index (χ1n) is 13.2. The Morgan fingerprint density at radius 2 is 0.868 bits per heavy atom. The Morgan fingerprint density at radius 1 is 0.447 bits per heavy atom. The van der Waals surface area contributed by atoms with Gasteiger partial charge in [-0.1, -0.05) is 36.4 Å². The summed E-state index contributed by atoms with van der Waals surface area (Å²) in [5, 5.41) is 0. The van der Waals surface area contributed by atoms with Crippen LogP contribution in [0.2, 0.25) is 0 Å². The van der Waals surface area contributed by atoms with Crippen LogP contribution in [0.3, 0.4) is 0 Å². The average molecular weight is 509 g/mol. The highest BCUT2D eigenvalue weighted by Crippen LogP contribution is 2.41. The molecule has 0 N–H and O–H groups in total. The quantitative estimate of drug-likeness (QED) is 0.289. The van der Waals surface area contributed by atoms with Gasteiger partial charge in [0.25, 0.3) is 0 Å². The molecule has 38 heavy (non-hydrogen) atoms. The highest BCUT2D eigenvalue weighted by molar-refractivity contribution is 5.75. The molecule has 0 spiro atoms. The van der Waals surface area contributed by atoms with Gasteiger partial charge in [-0.3, -0.25) is 0 Å². The van der Waals surface area contributed by atoms with Crippen LogP contribution in [-0.4, -0.2) is 39.6 Å². The van der Waals surface area contributed by atoms with E-state index in [1.807, 2.05) is 0 Å². The minimum atomic E-state index is 0.484. The summed E-state index contributed by atoms with van der Waals surface area (Å²) in [6.07, 6.45) is 0. The van der Waals surface area contributed by atoms with Crippen molar-refractivity contribution in [2.45, 2.75) is 13.1 Å². The molecule has 0 radical (unpaired) electrons. The van der Waals surface area contributed by atoms with E-state index in [2.05, 4.69) is 107 Å². The highest BCUT2D eigenvalue weighted by Gasteiger charge is 2.25. The van der Waals surface area contributed by atoms with Gasteiger partial charge < -0.3 is 28.7 Å². The summed E-state index contributed by atoms with van der Waals surface area (Å²) in [7, 11) is 0. The molecule has 0 fully saturated rings. The molecule has 0 saturated heterocycles. The van der Waals surface area contributed by atoms with Crippen molar-refractivity contribution in [3.63, 3.8) is 0 Å². The third kappa shape index (κ3) is 5.47. The SMILES string of the molecule is c1ccc(N2Cc3cc4ccc3N(c3ccccc3)Cc3cc(ccc32)OCCOCCOCCO4)cc1. The Morgan fingerprint density at radius 3 is 1.32 bits per heavy atom. The van der Waals surface area contributed by atoms with Crippen molar-refractivity contribution in [1.82, 2.24) is 0 Å². The molecule has 7 rings (SSSR count). The molecular formula is C32H32N2O4. The van der Waals surface area contributed by atoms with Crippen LogP contribution in [0.4, 0.5) is 22.7 Å². The molecule has 4 aromatic rings. The van der Waals surface area contributed by atoms with Gasteiger partial charge >= 0.3 is 0 Å². The van der Waals surface area contributed by atoms with E-state index >= 15 is 0 Å². The molecule has 3 heterocycles. The number of nitrogens with zero attached hydrogens (tertiary/aromatic N) is 2. The number of ether oxygens (including phenoxy) is 4. The Labute approximate surface area is 223 Å². The summed E-state index contributed by atoms with van der Waals surface area (Å²) in [5.41, 5.74) is 6.97. The topological polar surface area (TPSA) is 43.4 Å². The van der Waals surface area contributed by atoms with E-state index in [9.17, 15) is 0 Å². The van der Waals surface area contributed by atoms with Crippen molar-refractivity contribution in [3.05, 3.63) is 108 Å². The van der Waals surface area contributed by atoms with Crippen LogP contribution >= 0.6 is 0 Å². The van der Waals surface area contributed by atoms with Crippen LogP contribution in [0.5, 0.6) is 11.5 Å². The standard InChI is InChI=1S/C32H32N2O4/c1-3-7-27(8-4-1)33-23-25-21-30-12-14-32(25)34(28-9-5-2-6-10-28)24-26-22-29(11-13-31(26)33)37-19-17-35-15-16-36-18-20-38-30/h1-14,21-22H,15-20,23-24H2. The Bertz CT molecular complexity index is 1240. The zero-order chi connectivity index (χ0) is 25.6. The van der Waals surface area contributed by atoms with Crippen LogP contribution in [0.1, 0.15) is 11.1 Å². The first kappa shape index (κ1) is 24.3. The molecule has 0 aromatic heterocycles. The van der Waals surface area contributed by atoms with E-state index in [4.69, 9.17) is 18.9 Å². The second kappa shape index (κ2) is 11.6. The van der Waals surface area contributed by atoms with Gasteiger partial charge in [0.15, 0.2) is 0 Å². The van der Waals surface area contributed by atoms with Crippen molar-refractivity contribution in [1.29, 1.82) is 0 Å². The number of anilines is 4. The summed E-state index contributed by atoms with van der Waals surface area (Å²) >= 11 is 0. The summed E-state index contributed by atoms with van der Waals surface area (Å²) in [6, 6.07) is 33.9. The van der Waals surface area contributed by atoms with Gasteiger partial charge in [0, 0.05) is 22.7 Å². The molecule has 3 aliphatic rings. The number of benzene rings is 4. The summed E-state index contributed by atoms with van der Waals surface area (Å²) in [5.74, 6) is 1.68. The van der Waals surface area contributed by atoms with Gasteiger partial charge in [-0.2, -0.15) is 0 Å². The number of hydrogen-bond acceptors (Lipinski definition) is 6. The Balaban J connectivity index is 1.49. The lowest BCUT2D eigenvalue weighted by atomic mass is 10.0. The lowest BCUT2D eigenvalue weighted by molar-refractivity contribution is 0.0273. The maximum Gasteiger partial charge on any atom is 0.119 e. The predicted molar refractivity (Wildman–Crippen MR) is 150 cm³/mol. The van der Waals surface area contributed by atoms with Gasteiger partial charge in [0.05, 0.1) is 39.5 Å². The minimum Gasteiger partial charge on any atom is -0.491 e. The number of hydrogen-bond donors (Lipinski definition) is 0. The highest BCUT2D eigenvalue weighted by atomic mass is 16.6. The third-order valence-electron chi connectivity index (χ3n) is 6.84. The van der Waals surface area contributed by atoms with Gasteiger partial charge in [-0.25, -0.2) is 0 Å². The summed E-state index contributed by atoms with van der Waals surface area (Å²) < 4.78 is 23.6. The molecule has 194 valence electrons. The molecule has 0 aliphatic carbocycles. The largest absolute Gasteiger partial charge is 0.491 e. The molecule has 0 atom stereocenters. The zero-order valence-corrected chi connectivity index (χ0v) is 21.4. The van der Waals surface area contributed by atoms with Crippen molar-refractivity contribution < 1.29 is 18.9 Å². The second-order valence-corrected chi connectivity index (χ2v) is 9.35. The molecular weight excluding hydrogens is 476 g/mol. The molecule has 0 amide bonds. The van der Waals surface area contributed by atoms with E-state index in [0.29, 0.717) is 52.7 Å². The normalized spacial score (nSPS) is 16.2. The molecule has 4 aromatic carbocycles.